The quantitative estimate of drug-likeness (QED) is 0.442. The van der Waals surface area contributed by atoms with Crippen LogP contribution in [0, 0.1) is 17.8 Å². The lowest BCUT2D eigenvalue weighted by molar-refractivity contribution is 0.112. The van der Waals surface area contributed by atoms with E-state index >= 15 is 0 Å². The number of aldehydes is 1. The number of methoxy groups -OCH3 is 1. The van der Waals surface area contributed by atoms with Crippen molar-refractivity contribution in [3.05, 3.63) is 53.3 Å². The maximum absolute atomic E-state index is 10.6. The van der Waals surface area contributed by atoms with E-state index in [0.717, 1.165) is 73.7 Å². The molecule has 0 spiro atoms. The summed E-state index contributed by atoms with van der Waals surface area (Å²) in [7, 11) is 3.61. The molecule has 2 aromatic heterocycles. The summed E-state index contributed by atoms with van der Waals surface area (Å²) in [5.41, 5.74) is 2.93. The minimum Gasteiger partial charge on any atom is -0.481 e. The summed E-state index contributed by atoms with van der Waals surface area (Å²) in [4.78, 5) is 17.3. The first-order chi connectivity index (χ1) is 17.7. The van der Waals surface area contributed by atoms with Crippen molar-refractivity contribution in [3.8, 4) is 5.88 Å². The minimum absolute atomic E-state index is 0.607. The summed E-state index contributed by atoms with van der Waals surface area (Å²) in [6, 6.07) is 10.5. The van der Waals surface area contributed by atoms with E-state index in [2.05, 4.69) is 55.0 Å². The third-order valence-corrected chi connectivity index (χ3v) is 7.55. The molecule has 2 N–H and O–H groups in total. The summed E-state index contributed by atoms with van der Waals surface area (Å²) in [6.45, 7) is 4.99. The van der Waals surface area contributed by atoms with Crippen molar-refractivity contribution in [2.24, 2.45) is 17.8 Å². The van der Waals surface area contributed by atoms with Gasteiger partial charge < -0.3 is 20.3 Å². The summed E-state index contributed by atoms with van der Waals surface area (Å²) in [5, 5.41) is 16.8. The fraction of sp³-hybridized carbons (Fsp3) is 0.500. The zero-order chi connectivity index (χ0) is 24.9. The molecule has 2 saturated carbocycles. The second-order valence-corrected chi connectivity index (χ2v) is 10.3. The number of nitrogens with one attached hydrogen (secondary N) is 2. The number of benzene rings is 1. The Morgan fingerprint density at radius 2 is 1.97 bits per heavy atom. The largest absolute Gasteiger partial charge is 0.481 e. The van der Waals surface area contributed by atoms with Crippen LogP contribution in [0.5, 0.6) is 5.88 Å². The van der Waals surface area contributed by atoms with Gasteiger partial charge in [-0.1, -0.05) is 12.5 Å². The molecule has 8 nitrogen and oxygen atoms in total. The van der Waals surface area contributed by atoms with Crippen LogP contribution in [0.25, 0.3) is 10.8 Å². The van der Waals surface area contributed by atoms with Gasteiger partial charge in [-0.3, -0.25) is 4.79 Å². The van der Waals surface area contributed by atoms with E-state index in [9.17, 15) is 4.79 Å². The minimum atomic E-state index is 0.607. The van der Waals surface area contributed by atoms with Crippen LogP contribution in [-0.4, -0.2) is 55.3 Å². The highest BCUT2D eigenvalue weighted by atomic mass is 16.5. The SMILES string of the molecule is CNCc1cc2cc(CNCC3CCC3)ccc2c(OC)n1.O=Cc1cnnc(N2CC3CC3C2)c1. The Balaban J connectivity index is 0.000000163. The van der Waals surface area contributed by atoms with Gasteiger partial charge in [-0.2, -0.15) is 5.10 Å². The molecule has 0 radical (unpaired) electrons. The van der Waals surface area contributed by atoms with Crippen LogP contribution in [0.2, 0.25) is 0 Å². The van der Waals surface area contributed by atoms with Gasteiger partial charge in [0.1, 0.15) is 0 Å². The molecule has 0 amide bonds. The molecule has 3 fully saturated rings. The highest BCUT2D eigenvalue weighted by molar-refractivity contribution is 5.87. The Morgan fingerprint density at radius 1 is 1.14 bits per heavy atom. The van der Waals surface area contributed by atoms with Crippen LogP contribution in [0.4, 0.5) is 5.82 Å². The monoisotopic (exact) mass is 488 g/mol. The molecule has 6 rings (SSSR count). The predicted octanol–water partition coefficient (Wildman–Crippen LogP) is 3.60. The highest BCUT2D eigenvalue weighted by Crippen LogP contribution is 2.45. The van der Waals surface area contributed by atoms with Gasteiger partial charge in [0.05, 0.1) is 19.0 Å². The Hall–Kier alpha value is -3.10. The molecule has 1 aliphatic heterocycles. The Bertz CT molecular complexity index is 1190. The molecule has 1 saturated heterocycles. The van der Waals surface area contributed by atoms with E-state index < -0.39 is 0 Å². The van der Waals surface area contributed by atoms with Gasteiger partial charge in [0.15, 0.2) is 12.1 Å². The van der Waals surface area contributed by atoms with E-state index in [-0.39, 0.29) is 0 Å². The van der Waals surface area contributed by atoms with E-state index in [0.29, 0.717) is 11.4 Å². The third kappa shape index (κ3) is 5.82. The molecule has 3 heterocycles. The summed E-state index contributed by atoms with van der Waals surface area (Å²) in [5.74, 6) is 4.19. The topological polar surface area (TPSA) is 92.3 Å². The van der Waals surface area contributed by atoms with E-state index in [1.165, 1.54) is 42.8 Å². The van der Waals surface area contributed by atoms with E-state index in [4.69, 9.17) is 4.74 Å². The van der Waals surface area contributed by atoms with Crippen molar-refractivity contribution in [1.29, 1.82) is 0 Å². The van der Waals surface area contributed by atoms with Crippen molar-refractivity contribution in [2.45, 2.75) is 38.8 Å². The fourth-order valence-corrected chi connectivity index (χ4v) is 5.16. The van der Waals surface area contributed by atoms with Crippen molar-refractivity contribution in [1.82, 2.24) is 25.8 Å². The summed E-state index contributed by atoms with van der Waals surface area (Å²) in [6.07, 6.45) is 7.87. The Morgan fingerprint density at radius 3 is 2.67 bits per heavy atom. The van der Waals surface area contributed by atoms with Crippen LogP contribution in [0.3, 0.4) is 0 Å². The second-order valence-electron chi connectivity index (χ2n) is 10.3. The summed E-state index contributed by atoms with van der Waals surface area (Å²) < 4.78 is 5.43. The number of carbonyl (C=O) groups excluding carboxylic acids is 1. The normalized spacial score (nSPS) is 20.3. The number of carbonyl (C=O) groups is 1. The number of aromatic nitrogens is 3. The van der Waals surface area contributed by atoms with Crippen molar-refractivity contribution in [3.63, 3.8) is 0 Å². The van der Waals surface area contributed by atoms with Gasteiger partial charge in [0.2, 0.25) is 5.88 Å². The van der Waals surface area contributed by atoms with Crippen LogP contribution >= 0.6 is 0 Å². The Kier molecular flexibility index (Phi) is 7.72. The number of nitrogens with zero attached hydrogens (tertiary/aromatic N) is 4. The first-order valence-corrected chi connectivity index (χ1v) is 13.0. The van der Waals surface area contributed by atoms with Crippen molar-refractivity contribution >= 4 is 22.9 Å². The average molecular weight is 489 g/mol. The van der Waals surface area contributed by atoms with E-state index in [1.54, 1.807) is 7.11 Å². The molecular formula is C28H36N6O2. The lowest BCUT2D eigenvalue weighted by Gasteiger charge is -2.25. The van der Waals surface area contributed by atoms with Gasteiger partial charge >= 0.3 is 0 Å². The summed E-state index contributed by atoms with van der Waals surface area (Å²) >= 11 is 0. The van der Waals surface area contributed by atoms with Crippen LogP contribution in [-0.2, 0) is 13.1 Å². The zero-order valence-corrected chi connectivity index (χ0v) is 21.2. The van der Waals surface area contributed by atoms with Crippen molar-refractivity contribution < 1.29 is 9.53 Å². The molecule has 2 unspecified atom stereocenters. The van der Waals surface area contributed by atoms with Crippen LogP contribution in [0.1, 0.15) is 47.3 Å². The Labute approximate surface area is 212 Å². The second kappa shape index (κ2) is 11.3. The average Bonchev–Trinajstić information content (AvgIpc) is 3.49. The van der Waals surface area contributed by atoms with Crippen molar-refractivity contribution in [2.75, 3.05) is 38.7 Å². The number of hydrogen-bond acceptors (Lipinski definition) is 8. The first kappa shape index (κ1) is 24.6. The molecular weight excluding hydrogens is 452 g/mol. The zero-order valence-electron chi connectivity index (χ0n) is 21.2. The van der Waals surface area contributed by atoms with E-state index in [1.807, 2.05) is 13.1 Å². The molecule has 3 aliphatic rings. The lowest BCUT2D eigenvalue weighted by Crippen LogP contribution is -2.26. The predicted molar refractivity (Wildman–Crippen MR) is 141 cm³/mol. The molecule has 2 aliphatic carbocycles. The van der Waals surface area contributed by atoms with Crippen LogP contribution < -0.4 is 20.3 Å². The smallest absolute Gasteiger partial charge is 0.221 e. The molecule has 36 heavy (non-hydrogen) atoms. The molecule has 3 aromatic rings. The molecule has 1 aromatic carbocycles. The maximum atomic E-state index is 10.6. The number of fused-ring (bicyclic) bond motifs is 2. The molecule has 2 atom stereocenters. The number of rotatable bonds is 9. The number of pyridine rings is 1. The molecule has 8 heteroatoms. The maximum Gasteiger partial charge on any atom is 0.221 e. The van der Waals surface area contributed by atoms with Crippen LogP contribution in [0.15, 0.2) is 36.5 Å². The number of ether oxygens (including phenoxy) is 1. The standard InChI is InChI=1S/C18H25N3O.C10H11N3O/c1-19-12-16-9-15-8-14(11-20-10-13-4-3-5-13)6-7-17(15)18(21-16)22-2;14-6-7-1-10(12-11-3-7)13-4-8-2-9(8)5-13/h6-9,13,19-20H,3-5,10-12H2,1-2H3;1,3,6,8-9H,2,4-5H2. The molecule has 190 valence electrons. The highest BCUT2D eigenvalue weighted by Gasteiger charge is 2.45. The van der Waals surface area contributed by atoms with Gasteiger partial charge in [0, 0.05) is 37.1 Å². The number of piperidine rings is 1. The fourth-order valence-electron chi connectivity index (χ4n) is 5.16. The lowest BCUT2D eigenvalue weighted by atomic mass is 9.85. The molecule has 0 bridgehead atoms. The van der Waals surface area contributed by atoms with Gasteiger partial charge in [-0.25, -0.2) is 4.98 Å². The van der Waals surface area contributed by atoms with Gasteiger partial charge in [0.25, 0.3) is 0 Å². The number of anilines is 1. The van der Waals surface area contributed by atoms with Gasteiger partial charge in [-0.05, 0) is 85.8 Å². The first-order valence-electron chi connectivity index (χ1n) is 13.0. The third-order valence-electron chi connectivity index (χ3n) is 7.55. The number of hydrogen-bond donors (Lipinski definition) is 2. The van der Waals surface area contributed by atoms with Gasteiger partial charge in [-0.15, -0.1) is 5.10 Å².